The Kier molecular flexibility index (Phi) is 8.53. The molecule has 3 aromatic carbocycles. The number of amidine groups is 1. The number of hydrogen-bond donors (Lipinski definition) is 1. The number of halogens is 3. The number of allylic oxidation sites excluding steroid dienone is 1. The van der Waals surface area contributed by atoms with E-state index in [1.165, 1.54) is 40.8 Å². The SMILES string of the molecule is COc1ccc2c(c1)N1C(=CC2C)CS/C1=N\C(=S)NOC(C)c1ccc(-c2ncn(-c3ccc(OC(F)(F)F)cc3)n2)cc1. The van der Waals surface area contributed by atoms with E-state index in [2.05, 4.69) is 49.3 Å². The Labute approximate surface area is 266 Å². The number of anilines is 1. The summed E-state index contributed by atoms with van der Waals surface area (Å²) in [7, 11) is 1.65. The van der Waals surface area contributed by atoms with E-state index in [0.29, 0.717) is 11.5 Å². The molecule has 1 saturated heterocycles. The van der Waals surface area contributed by atoms with Crippen molar-refractivity contribution in [2.75, 3.05) is 17.8 Å². The van der Waals surface area contributed by atoms with E-state index in [-0.39, 0.29) is 22.9 Å². The highest BCUT2D eigenvalue weighted by Crippen LogP contribution is 2.44. The van der Waals surface area contributed by atoms with Gasteiger partial charge in [0.05, 0.1) is 18.5 Å². The predicted molar refractivity (Wildman–Crippen MR) is 171 cm³/mol. The quantitative estimate of drug-likeness (QED) is 0.163. The van der Waals surface area contributed by atoms with Crippen LogP contribution in [0.25, 0.3) is 17.1 Å². The monoisotopic (exact) mass is 652 g/mol. The molecule has 2 atom stereocenters. The van der Waals surface area contributed by atoms with Crippen molar-refractivity contribution in [3.8, 4) is 28.6 Å². The van der Waals surface area contributed by atoms with Crippen molar-refractivity contribution >= 4 is 39.9 Å². The minimum absolute atomic E-state index is 0.207. The largest absolute Gasteiger partial charge is 0.573 e. The molecule has 1 N–H and O–H groups in total. The summed E-state index contributed by atoms with van der Waals surface area (Å²) in [6.45, 7) is 4.06. The van der Waals surface area contributed by atoms with Crippen LogP contribution in [0, 0.1) is 0 Å². The average Bonchev–Trinajstić information content (AvgIpc) is 3.67. The van der Waals surface area contributed by atoms with Gasteiger partial charge >= 0.3 is 6.36 Å². The number of thiocarbonyl (C=S) groups is 1. The number of methoxy groups -OCH3 is 1. The number of thioether (sulfide) groups is 1. The van der Waals surface area contributed by atoms with Gasteiger partial charge in [-0.2, -0.15) is 4.99 Å². The third-order valence-electron chi connectivity index (χ3n) is 7.22. The predicted octanol–water partition coefficient (Wildman–Crippen LogP) is 7.32. The second-order valence-electron chi connectivity index (χ2n) is 10.2. The normalized spacial score (nSPS) is 17.4. The van der Waals surface area contributed by atoms with Crippen LogP contribution in [0.15, 0.2) is 89.8 Å². The topological polar surface area (TPSA) is 86.0 Å². The molecule has 6 rings (SSSR count). The van der Waals surface area contributed by atoms with E-state index < -0.39 is 6.36 Å². The molecule has 9 nitrogen and oxygen atoms in total. The first-order chi connectivity index (χ1) is 21.6. The Bertz CT molecular complexity index is 1770. The molecule has 0 aliphatic carbocycles. The lowest BCUT2D eigenvalue weighted by atomic mass is 9.94. The van der Waals surface area contributed by atoms with Crippen LogP contribution >= 0.6 is 24.0 Å². The number of hydrogen-bond acceptors (Lipinski definition) is 7. The first kappa shape index (κ1) is 30.6. The fourth-order valence-corrected chi connectivity index (χ4v) is 6.20. The van der Waals surface area contributed by atoms with Gasteiger partial charge in [-0.25, -0.2) is 15.1 Å². The van der Waals surface area contributed by atoms with Gasteiger partial charge in [0.1, 0.15) is 23.9 Å². The number of rotatable bonds is 7. The standard InChI is InChI=1S/C31H27F3N6O3S2/c1-18-14-23-16-45-30(40(23)27-15-25(41-3)12-13-26(18)27)36-29(44)38-43-19(2)20-4-6-21(7-5-20)28-35-17-39(37-28)22-8-10-24(11-9-22)42-31(32,33)34/h4-15,17-19H,16H2,1-3H3,(H,38,44)/b36-30-. The minimum atomic E-state index is -4.75. The lowest BCUT2D eigenvalue weighted by Crippen LogP contribution is -2.29. The molecule has 3 heterocycles. The van der Waals surface area contributed by atoms with Crippen molar-refractivity contribution < 1.29 is 27.5 Å². The maximum absolute atomic E-state index is 12.4. The summed E-state index contributed by atoms with van der Waals surface area (Å²) in [4.78, 5) is 16.9. The summed E-state index contributed by atoms with van der Waals surface area (Å²) in [5.41, 5.74) is 8.37. The van der Waals surface area contributed by atoms with Crippen molar-refractivity contribution in [1.29, 1.82) is 0 Å². The van der Waals surface area contributed by atoms with Crippen molar-refractivity contribution in [2.45, 2.75) is 32.2 Å². The number of aliphatic imine (C=N–C) groups is 1. The van der Waals surface area contributed by atoms with Gasteiger partial charge in [-0.15, -0.1) is 18.3 Å². The van der Waals surface area contributed by atoms with Gasteiger partial charge in [-0.3, -0.25) is 9.74 Å². The molecule has 2 aliphatic rings. The number of ether oxygens (including phenoxy) is 2. The van der Waals surface area contributed by atoms with Crippen LogP contribution in [0.4, 0.5) is 18.9 Å². The fraction of sp³-hybridized carbons (Fsp3) is 0.226. The number of benzene rings is 3. The molecule has 0 saturated carbocycles. The van der Waals surface area contributed by atoms with E-state index >= 15 is 0 Å². The second-order valence-corrected chi connectivity index (χ2v) is 11.6. The highest BCUT2D eigenvalue weighted by atomic mass is 32.2. The first-order valence-corrected chi connectivity index (χ1v) is 15.2. The van der Waals surface area contributed by atoms with E-state index in [1.807, 2.05) is 43.3 Å². The van der Waals surface area contributed by atoms with Crippen LogP contribution in [0.3, 0.4) is 0 Å². The maximum Gasteiger partial charge on any atom is 0.573 e. The third kappa shape index (κ3) is 6.82. The molecule has 0 amide bonds. The summed E-state index contributed by atoms with van der Waals surface area (Å²) in [6.07, 6.45) is -1.37. The molecule has 0 radical (unpaired) electrons. The lowest BCUT2D eigenvalue weighted by Gasteiger charge is -2.30. The van der Waals surface area contributed by atoms with Crippen LogP contribution < -0.4 is 19.9 Å². The van der Waals surface area contributed by atoms with Gasteiger partial charge < -0.3 is 9.47 Å². The Morgan fingerprint density at radius 3 is 2.53 bits per heavy atom. The summed E-state index contributed by atoms with van der Waals surface area (Å²) in [6, 6.07) is 18.9. The highest BCUT2D eigenvalue weighted by molar-refractivity contribution is 8.14. The van der Waals surface area contributed by atoms with Crippen molar-refractivity contribution in [3.63, 3.8) is 0 Å². The van der Waals surface area contributed by atoms with Crippen LogP contribution in [-0.4, -0.2) is 44.3 Å². The molecule has 0 bridgehead atoms. The van der Waals surface area contributed by atoms with Crippen LogP contribution in [0.5, 0.6) is 11.5 Å². The van der Waals surface area contributed by atoms with Crippen LogP contribution in [-0.2, 0) is 4.84 Å². The number of hydroxylamine groups is 1. The Morgan fingerprint density at radius 1 is 1.09 bits per heavy atom. The molecule has 2 aliphatic heterocycles. The minimum Gasteiger partial charge on any atom is -0.497 e. The summed E-state index contributed by atoms with van der Waals surface area (Å²) < 4.78 is 48.1. The van der Waals surface area contributed by atoms with E-state index in [1.54, 1.807) is 18.9 Å². The Morgan fingerprint density at radius 2 is 1.82 bits per heavy atom. The maximum atomic E-state index is 12.4. The smallest absolute Gasteiger partial charge is 0.497 e. The van der Waals surface area contributed by atoms with Gasteiger partial charge in [0, 0.05) is 29.0 Å². The summed E-state index contributed by atoms with van der Waals surface area (Å²) >= 11 is 7.11. The summed E-state index contributed by atoms with van der Waals surface area (Å²) in [5, 5.41) is 5.41. The van der Waals surface area contributed by atoms with Crippen LogP contribution in [0.2, 0.25) is 0 Å². The molecule has 2 unspecified atom stereocenters. The molecule has 0 spiro atoms. The number of aromatic nitrogens is 3. The van der Waals surface area contributed by atoms with Gasteiger partial charge in [0.2, 0.25) is 5.11 Å². The molecule has 4 aromatic rings. The third-order valence-corrected chi connectivity index (χ3v) is 8.37. The van der Waals surface area contributed by atoms with E-state index in [4.69, 9.17) is 21.8 Å². The van der Waals surface area contributed by atoms with Gasteiger partial charge in [0.15, 0.2) is 11.0 Å². The second kappa shape index (κ2) is 12.5. The van der Waals surface area contributed by atoms with Crippen molar-refractivity contribution in [3.05, 3.63) is 96.0 Å². The fourth-order valence-electron chi connectivity index (χ4n) is 5.00. The van der Waals surface area contributed by atoms with E-state index in [9.17, 15) is 13.2 Å². The van der Waals surface area contributed by atoms with E-state index in [0.717, 1.165) is 39.2 Å². The molecular weight excluding hydrogens is 626 g/mol. The average molecular weight is 653 g/mol. The Balaban J connectivity index is 1.07. The van der Waals surface area contributed by atoms with Gasteiger partial charge in [0.25, 0.3) is 0 Å². The molecule has 1 aromatic heterocycles. The van der Waals surface area contributed by atoms with Crippen molar-refractivity contribution in [2.24, 2.45) is 4.99 Å². The molecule has 1 fully saturated rings. The zero-order valence-electron chi connectivity index (χ0n) is 24.3. The summed E-state index contributed by atoms with van der Waals surface area (Å²) in [5.74, 6) is 2.00. The molecule has 232 valence electrons. The molecule has 45 heavy (non-hydrogen) atoms. The van der Waals surface area contributed by atoms with Crippen molar-refractivity contribution in [1.82, 2.24) is 20.2 Å². The number of nitrogens with zero attached hydrogens (tertiary/aromatic N) is 5. The lowest BCUT2D eigenvalue weighted by molar-refractivity contribution is -0.274. The molecular formula is C31H27F3N6O3S2. The van der Waals surface area contributed by atoms with Gasteiger partial charge in [-0.1, -0.05) is 55.1 Å². The Hall–Kier alpha value is -4.40. The zero-order chi connectivity index (χ0) is 31.7. The zero-order valence-corrected chi connectivity index (χ0v) is 25.9. The first-order valence-electron chi connectivity index (χ1n) is 13.8. The number of fused-ring (bicyclic) bond motifs is 3. The van der Waals surface area contributed by atoms with Crippen LogP contribution in [0.1, 0.15) is 37.0 Å². The number of alkyl halides is 3. The van der Waals surface area contributed by atoms with Gasteiger partial charge in [-0.05, 0) is 60.6 Å². The highest BCUT2D eigenvalue weighted by Gasteiger charge is 2.33. The molecule has 14 heteroatoms. The number of nitrogens with one attached hydrogen (secondary N) is 1.